The summed E-state index contributed by atoms with van der Waals surface area (Å²) in [7, 11) is 0. The second-order valence-corrected chi connectivity index (χ2v) is 14.0. The highest BCUT2D eigenvalue weighted by Crippen LogP contribution is 2.42. The molecule has 0 aliphatic heterocycles. The molecule has 0 aliphatic rings. The fraction of sp³-hybridized carbons (Fsp3) is 0. The van der Waals surface area contributed by atoms with Crippen LogP contribution in [0.4, 0.5) is 17.1 Å². The first-order chi connectivity index (χ1) is 25.3. The van der Waals surface area contributed by atoms with Crippen molar-refractivity contribution in [2.24, 2.45) is 0 Å². The normalized spacial score (nSPS) is 11.5. The van der Waals surface area contributed by atoms with Gasteiger partial charge in [-0.25, -0.2) is 0 Å². The maximum absolute atomic E-state index is 6.44. The summed E-state index contributed by atoms with van der Waals surface area (Å²) in [6, 6.07) is 67.3. The van der Waals surface area contributed by atoms with E-state index < -0.39 is 0 Å². The third-order valence-electron chi connectivity index (χ3n) is 9.91. The van der Waals surface area contributed by atoms with Crippen LogP contribution in [0.5, 0.6) is 0 Å². The molecule has 0 bridgehead atoms. The number of hydrogen-bond donors (Lipinski definition) is 0. The minimum atomic E-state index is 0.910. The Labute approximate surface area is 300 Å². The van der Waals surface area contributed by atoms with Crippen LogP contribution >= 0.6 is 11.3 Å². The van der Waals surface area contributed by atoms with Crippen molar-refractivity contribution in [1.29, 1.82) is 0 Å². The van der Waals surface area contributed by atoms with Gasteiger partial charge in [0.25, 0.3) is 0 Å². The van der Waals surface area contributed by atoms with Gasteiger partial charge in [0.2, 0.25) is 0 Å². The number of thiophene rings is 1. The first kappa shape index (κ1) is 29.5. The molecule has 2 nitrogen and oxygen atoms in total. The van der Waals surface area contributed by atoms with Gasteiger partial charge in [-0.2, -0.15) is 0 Å². The van der Waals surface area contributed by atoms with Crippen molar-refractivity contribution in [2.75, 3.05) is 4.90 Å². The SMILES string of the molecule is c1ccc(N(c2ccc(-c3ccc4sc5ccccc5c4c3)cc2)c2ccc(-c3ccccc3-c3cccc4c3oc3ccccc34)cc2)cc1. The van der Waals surface area contributed by atoms with Crippen molar-refractivity contribution in [3.05, 3.63) is 188 Å². The van der Waals surface area contributed by atoms with Crippen LogP contribution in [0.25, 0.3) is 75.5 Å². The van der Waals surface area contributed by atoms with Gasteiger partial charge in [0.05, 0.1) is 0 Å². The fourth-order valence-corrected chi connectivity index (χ4v) is 8.54. The molecular formula is C48H31NOS. The van der Waals surface area contributed by atoms with Crippen molar-refractivity contribution >= 4 is 70.5 Å². The Morgan fingerprint density at radius 2 is 0.922 bits per heavy atom. The quantitative estimate of drug-likeness (QED) is 0.175. The first-order valence-electron chi connectivity index (χ1n) is 17.3. The summed E-state index contributed by atoms with van der Waals surface area (Å²) in [6.07, 6.45) is 0. The summed E-state index contributed by atoms with van der Waals surface area (Å²) in [5.41, 5.74) is 12.2. The number of para-hydroxylation sites is 3. The van der Waals surface area contributed by atoms with Gasteiger partial charge in [0, 0.05) is 53.6 Å². The molecule has 0 radical (unpaired) electrons. The van der Waals surface area contributed by atoms with Crippen LogP contribution in [0.2, 0.25) is 0 Å². The Bertz CT molecular complexity index is 2850. The Kier molecular flexibility index (Phi) is 7.04. The molecule has 0 unspecified atom stereocenters. The molecule has 0 N–H and O–H groups in total. The summed E-state index contributed by atoms with van der Waals surface area (Å²) >= 11 is 1.86. The largest absolute Gasteiger partial charge is 0.455 e. The zero-order valence-electron chi connectivity index (χ0n) is 27.7. The molecule has 10 aromatic rings. The molecule has 51 heavy (non-hydrogen) atoms. The maximum Gasteiger partial charge on any atom is 0.143 e. The molecule has 0 saturated carbocycles. The average molecular weight is 670 g/mol. The van der Waals surface area contributed by atoms with Crippen molar-refractivity contribution in [3.8, 4) is 33.4 Å². The lowest BCUT2D eigenvalue weighted by Crippen LogP contribution is -2.09. The minimum absolute atomic E-state index is 0.910. The number of rotatable bonds is 6. The second-order valence-electron chi connectivity index (χ2n) is 12.9. The number of fused-ring (bicyclic) bond motifs is 6. The average Bonchev–Trinajstić information content (AvgIpc) is 3.77. The number of nitrogens with zero attached hydrogens (tertiary/aromatic N) is 1. The van der Waals surface area contributed by atoms with Crippen molar-refractivity contribution in [2.45, 2.75) is 0 Å². The number of benzene rings is 8. The van der Waals surface area contributed by atoms with Gasteiger partial charge in [0.1, 0.15) is 11.2 Å². The smallest absolute Gasteiger partial charge is 0.143 e. The molecule has 0 fully saturated rings. The van der Waals surface area contributed by atoms with E-state index in [1.807, 2.05) is 23.5 Å². The van der Waals surface area contributed by atoms with E-state index in [4.69, 9.17) is 4.42 Å². The highest BCUT2D eigenvalue weighted by Gasteiger charge is 2.17. The van der Waals surface area contributed by atoms with Gasteiger partial charge >= 0.3 is 0 Å². The van der Waals surface area contributed by atoms with Crippen LogP contribution in [0.15, 0.2) is 192 Å². The summed E-state index contributed by atoms with van der Waals surface area (Å²) in [5.74, 6) is 0. The van der Waals surface area contributed by atoms with Crippen LogP contribution in [-0.4, -0.2) is 0 Å². The van der Waals surface area contributed by atoms with E-state index in [-0.39, 0.29) is 0 Å². The Balaban J connectivity index is 1.02. The van der Waals surface area contributed by atoms with Crippen molar-refractivity contribution in [3.63, 3.8) is 0 Å². The Hall–Kier alpha value is -6.42. The molecule has 3 heteroatoms. The van der Waals surface area contributed by atoms with E-state index >= 15 is 0 Å². The van der Waals surface area contributed by atoms with Crippen molar-refractivity contribution in [1.82, 2.24) is 0 Å². The predicted octanol–water partition coefficient (Wildman–Crippen LogP) is 14.4. The highest BCUT2D eigenvalue weighted by molar-refractivity contribution is 7.25. The third-order valence-corrected chi connectivity index (χ3v) is 11.1. The van der Waals surface area contributed by atoms with Crippen LogP contribution in [0.1, 0.15) is 0 Å². The van der Waals surface area contributed by atoms with E-state index in [9.17, 15) is 0 Å². The standard InChI is InChI=1S/C48H31NOS/c1-2-11-35(12-3-1)49(36-26-21-32(22-27-36)34-25-30-47-44(31-34)41-16-7-9-20-46(41)51-47)37-28-23-33(24-29-37)38-13-4-5-14-39(38)42-17-10-18-43-40-15-6-8-19-45(40)50-48(42)43/h1-31H. The molecule has 0 atom stereocenters. The lowest BCUT2D eigenvalue weighted by molar-refractivity contribution is 0.670. The van der Waals surface area contributed by atoms with E-state index in [1.54, 1.807) is 0 Å². The van der Waals surface area contributed by atoms with Crippen molar-refractivity contribution < 1.29 is 4.42 Å². The molecule has 2 aromatic heterocycles. The van der Waals surface area contributed by atoms with E-state index in [0.29, 0.717) is 0 Å². The molecule has 10 rings (SSSR count). The van der Waals surface area contributed by atoms with E-state index in [0.717, 1.165) is 55.7 Å². The molecule has 240 valence electrons. The molecule has 0 saturated heterocycles. The number of hydrogen-bond acceptors (Lipinski definition) is 3. The Morgan fingerprint density at radius 1 is 0.353 bits per heavy atom. The number of anilines is 3. The van der Waals surface area contributed by atoms with Gasteiger partial charge in [-0.1, -0.05) is 127 Å². The summed E-state index contributed by atoms with van der Waals surface area (Å²) in [6.45, 7) is 0. The van der Waals surface area contributed by atoms with Gasteiger partial charge < -0.3 is 9.32 Å². The molecular weight excluding hydrogens is 639 g/mol. The summed E-state index contributed by atoms with van der Waals surface area (Å²) < 4.78 is 9.09. The van der Waals surface area contributed by atoms with Gasteiger partial charge in [-0.3, -0.25) is 0 Å². The number of furan rings is 1. The lowest BCUT2D eigenvalue weighted by Gasteiger charge is -2.26. The van der Waals surface area contributed by atoms with Gasteiger partial charge in [0.15, 0.2) is 0 Å². The fourth-order valence-electron chi connectivity index (χ4n) is 7.45. The zero-order chi connectivity index (χ0) is 33.7. The van der Waals surface area contributed by atoms with Gasteiger partial charge in [-0.15, -0.1) is 11.3 Å². The van der Waals surface area contributed by atoms with Crippen LogP contribution in [-0.2, 0) is 0 Å². The van der Waals surface area contributed by atoms with E-state index in [1.165, 1.54) is 36.9 Å². The maximum atomic E-state index is 6.44. The van der Waals surface area contributed by atoms with Gasteiger partial charge in [-0.05, 0) is 88.5 Å². The topological polar surface area (TPSA) is 16.4 Å². The molecule has 0 spiro atoms. The van der Waals surface area contributed by atoms with Crippen LogP contribution in [0.3, 0.4) is 0 Å². The van der Waals surface area contributed by atoms with Crippen LogP contribution < -0.4 is 4.90 Å². The summed E-state index contributed by atoms with van der Waals surface area (Å²) in [4.78, 5) is 2.32. The monoisotopic (exact) mass is 669 g/mol. The van der Waals surface area contributed by atoms with Crippen LogP contribution in [0, 0.1) is 0 Å². The lowest BCUT2D eigenvalue weighted by atomic mass is 9.93. The molecule has 0 amide bonds. The first-order valence-corrected chi connectivity index (χ1v) is 18.1. The third kappa shape index (κ3) is 5.10. The summed E-state index contributed by atoms with van der Waals surface area (Å²) in [5, 5.41) is 4.92. The molecule has 2 heterocycles. The predicted molar refractivity (Wildman–Crippen MR) is 218 cm³/mol. The zero-order valence-corrected chi connectivity index (χ0v) is 28.5. The second kappa shape index (κ2) is 12.2. The highest BCUT2D eigenvalue weighted by atomic mass is 32.1. The minimum Gasteiger partial charge on any atom is -0.455 e. The molecule has 8 aromatic carbocycles. The Morgan fingerprint density at radius 3 is 1.73 bits per heavy atom. The molecule has 0 aliphatic carbocycles. The van der Waals surface area contributed by atoms with E-state index in [2.05, 4.69) is 181 Å².